The van der Waals surface area contributed by atoms with E-state index in [4.69, 9.17) is 9.47 Å². The molecule has 1 aromatic carbocycles. The first kappa shape index (κ1) is 16.0. The molecule has 1 N–H and O–H groups in total. The minimum atomic E-state index is -0.262. The second-order valence-corrected chi connectivity index (χ2v) is 5.48. The van der Waals surface area contributed by atoms with Crippen LogP contribution in [0, 0.1) is 13.8 Å². The molecule has 3 nitrogen and oxygen atoms in total. The smallest absolute Gasteiger partial charge is 0.122 e. The largest absolute Gasteiger partial charge is 0.496 e. The number of benzene rings is 1. The molecule has 0 radical (unpaired) electrons. The average molecular weight is 265 g/mol. The lowest BCUT2D eigenvalue weighted by atomic mass is 9.87. The first-order chi connectivity index (χ1) is 8.87. The Bertz CT molecular complexity index is 427. The average Bonchev–Trinajstić information content (AvgIpc) is 2.38. The summed E-state index contributed by atoms with van der Waals surface area (Å²) in [5.41, 5.74) is 3.38. The monoisotopic (exact) mass is 265 g/mol. The molecule has 0 amide bonds. The molecule has 0 bridgehead atoms. The lowest BCUT2D eigenvalue weighted by Crippen LogP contribution is -2.41. The second kappa shape index (κ2) is 6.40. The molecule has 0 aliphatic carbocycles. The fourth-order valence-corrected chi connectivity index (χ4v) is 2.40. The van der Waals surface area contributed by atoms with E-state index in [2.05, 4.69) is 52.1 Å². The Morgan fingerprint density at radius 3 is 2.26 bits per heavy atom. The molecule has 1 rings (SSSR count). The van der Waals surface area contributed by atoms with Gasteiger partial charge in [-0.1, -0.05) is 13.0 Å². The van der Waals surface area contributed by atoms with E-state index < -0.39 is 0 Å². The van der Waals surface area contributed by atoms with Crippen LogP contribution in [0.25, 0.3) is 0 Å². The van der Waals surface area contributed by atoms with Gasteiger partial charge < -0.3 is 14.8 Å². The van der Waals surface area contributed by atoms with Gasteiger partial charge in [0.15, 0.2) is 0 Å². The van der Waals surface area contributed by atoms with Crippen molar-refractivity contribution in [2.45, 2.75) is 46.3 Å². The van der Waals surface area contributed by atoms with Gasteiger partial charge in [0, 0.05) is 7.11 Å². The number of nitrogens with one attached hydrogen (secondary N) is 1. The Balaban J connectivity index is 3.27. The van der Waals surface area contributed by atoms with Crippen molar-refractivity contribution in [1.82, 2.24) is 5.32 Å². The molecule has 3 heteroatoms. The molecule has 1 atom stereocenters. The minimum absolute atomic E-state index is 0.159. The molecule has 108 valence electrons. The van der Waals surface area contributed by atoms with Crippen LogP contribution in [0.3, 0.4) is 0 Å². The van der Waals surface area contributed by atoms with Gasteiger partial charge in [-0.3, -0.25) is 0 Å². The summed E-state index contributed by atoms with van der Waals surface area (Å²) in [6.07, 6.45) is 0. The molecular weight excluding hydrogens is 238 g/mol. The number of hydrogen-bond acceptors (Lipinski definition) is 3. The lowest BCUT2D eigenvalue weighted by Gasteiger charge is -2.35. The fourth-order valence-electron chi connectivity index (χ4n) is 2.40. The Kier molecular flexibility index (Phi) is 5.39. The summed E-state index contributed by atoms with van der Waals surface area (Å²) in [7, 11) is 3.47. The minimum Gasteiger partial charge on any atom is -0.496 e. The van der Waals surface area contributed by atoms with Crippen molar-refractivity contribution < 1.29 is 9.47 Å². The standard InChI is InChI=1S/C16H27NO2/c1-8-17-15(16(4,5)19-7)13-9-12(3)14(18-6)10-11(13)2/h9-10,15,17H,8H2,1-7H3. The maximum absolute atomic E-state index is 5.66. The van der Waals surface area contributed by atoms with Gasteiger partial charge in [0.1, 0.15) is 5.75 Å². The molecule has 0 heterocycles. The summed E-state index contributed by atoms with van der Waals surface area (Å²) in [5, 5.41) is 3.53. The third kappa shape index (κ3) is 3.48. The molecule has 1 unspecified atom stereocenters. The molecular formula is C16H27NO2. The molecule has 0 saturated heterocycles. The van der Waals surface area contributed by atoms with Crippen LogP contribution in [-0.4, -0.2) is 26.4 Å². The van der Waals surface area contributed by atoms with Crippen molar-refractivity contribution in [3.05, 3.63) is 28.8 Å². The second-order valence-electron chi connectivity index (χ2n) is 5.48. The van der Waals surface area contributed by atoms with Crippen LogP contribution in [0.5, 0.6) is 5.75 Å². The summed E-state index contributed by atoms with van der Waals surface area (Å²) < 4.78 is 11.0. The number of hydrogen-bond donors (Lipinski definition) is 1. The van der Waals surface area contributed by atoms with Crippen LogP contribution >= 0.6 is 0 Å². The highest BCUT2D eigenvalue weighted by atomic mass is 16.5. The van der Waals surface area contributed by atoms with E-state index in [1.54, 1.807) is 14.2 Å². The zero-order valence-corrected chi connectivity index (χ0v) is 13.3. The first-order valence-electron chi connectivity index (χ1n) is 6.81. The number of rotatable bonds is 6. The maximum Gasteiger partial charge on any atom is 0.122 e. The van der Waals surface area contributed by atoms with E-state index in [1.807, 2.05) is 0 Å². The van der Waals surface area contributed by atoms with E-state index in [1.165, 1.54) is 11.1 Å². The SMILES string of the molecule is CCNC(c1cc(C)c(OC)cc1C)C(C)(C)OC. The van der Waals surface area contributed by atoms with Crippen LogP contribution in [0.2, 0.25) is 0 Å². The predicted octanol–water partition coefficient (Wildman–Crippen LogP) is 3.39. The van der Waals surface area contributed by atoms with Crippen LogP contribution in [0.15, 0.2) is 12.1 Å². The first-order valence-corrected chi connectivity index (χ1v) is 6.81. The normalized spacial score (nSPS) is 13.4. The summed E-state index contributed by atoms with van der Waals surface area (Å²) in [4.78, 5) is 0. The van der Waals surface area contributed by atoms with Gasteiger partial charge in [0.05, 0.1) is 18.8 Å². The van der Waals surface area contributed by atoms with E-state index >= 15 is 0 Å². The van der Waals surface area contributed by atoms with Crippen LogP contribution < -0.4 is 10.1 Å². The zero-order valence-electron chi connectivity index (χ0n) is 13.3. The van der Waals surface area contributed by atoms with Gasteiger partial charge in [-0.15, -0.1) is 0 Å². The van der Waals surface area contributed by atoms with Crippen molar-refractivity contribution in [1.29, 1.82) is 0 Å². The van der Waals surface area contributed by atoms with Crippen LogP contribution in [-0.2, 0) is 4.74 Å². The van der Waals surface area contributed by atoms with Crippen molar-refractivity contribution in [2.24, 2.45) is 0 Å². The molecule has 0 fully saturated rings. The topological polar surface area (TPSA) is 30.5 Å². The number of aryl methyl sites for hydroxylation is 2. The summed E-state index contributed by atoms with van der Waals surface area (Å²) in [6, 6.07) is 4.45. The lowest BCUT2D eigenvalue weighted by molar-refractivity contribution is -0.0108. The number of methoxy groups -OCH3 is 2. The number of likely N-dealkylation sites (N-methyl/N-ethyl adjacent to an activating group) is 1. The van der Waals surface area contributed by atoms with E-state index in [0.29, 0.717) is 0 Å². The Morgan fingerprint density at radius 1 is 1.16 bits per heavy atom. The molecule has 0 aliphatic heterocycles. The summed E-state index contributed by atoms with van der Waals surface area (Å²) >= 11 is 0. The Hall–Kier alpha value is -1.06. The highest BCUT2D eigenvalue weighted by Gasteiger charge is 2.31. The van der Waals surface area contributed by atoms with E-state index in [-0.39, 0.29) is 11.6 Å². The van der Waals surface area contributed by atoms with Crippen molar-refractivity contribution in [3.63, 3.8) is 0 Å². The molecule has 19 heavy (non-hydrogen) atoms. The van der Waals surface area contributed by atoms with Crippen LogP contribution in [0.1, 0.15) is 43.5 Å². The van der Waals surface area contributed by atoms with Gasteiger partial charge in [-0.2, -0.15) is 0 Å². The van der Waals surface area contributed by atoms with E-state index in [0.717, 1.165) is 17.9 Å². The summed E-state index contributed by atoms with van der Waals surface area (Å²) in [5.74, 6) is 0.937. The van der Waals surface area contributed by atoms with Gasteiger partial charge >= 0.3 is 0 Å². The molecule has 0 saturated carbocycles. The van der Waals surface area contributed by atoms with Gasteiger partial charge in [-0.25, -0.2) is 0 Å². The van der Waals surface area contributed by atoms with Gasteiger partial charge in [-0.05, 0) is 57.0 Å². The highest BCUT2D eigenvalue weighted by Crippen LogP contribution is 2.33. The third-order valence-electron chi connectivity index (χ3n) is 3.72. The molecule has 0 spiro atoms. The highest BCUT2D eigenvalue weighted by molar-refractivity contribution is 5.43. The fraction of sp³-hybridized carbons (Fsp3) is 0.625. The van der Waals surface area contributed by atoms with Crippen molar-refractivity contribution in [2.75, 3.05) is 20.8 Å². The maximum atomic E-state index is 5.66. The third-order valence-corrected chi connectivity index (χ3v) is 3.72. The van der Waals surface area contributed by atoms with Gasteiger partial charge in [0.25, 0.3) is 0 Å². The molecule has 0 aromatic heterocycles. The van der Waals surface area contributed by atoms with Crippen LogP contribution in [0.4, 0.5) is 0 Å². The molecule has 0 aliphatic rings. The van der Waals surface area contributed by atoms with Gasteiger partial charge in [0.2, 0.25) is 0 Å². The number of ether oxygens (including phenoxy) is 2. The Morgan fingerprint density at radius 2 is 1.79 bits per heavy atom. The summed E-state index contributed by atoms with van der Waals surface area (Å²) in [6.45, 7) is 11.4. The van der Waals surface area contributed by atoms with Crippen molar-refractivity contribution in [3.8, 4) is 5.75 Å². The predicted molar refractivity (Wildman–Crippen MR) is 80.0 cm³/mol. The molecule has 1 aromatic rings. The van der Waals surface area contributed by atoms with Crippen molar-refractivity contribution >= 4 is 0 Å². The van der Waals surface area contributed by atoms with E-state index in [9.17, 15) is 0 Å². The quantitative estimate of drug-likeness (QED) is 0.855. The zero-order chi connectivity index (χ0) is 14.6. The Labute approximate surface area is 117 Å².